The fourth-order valence-electron chi connectivity index (χ4n) is 6.78. The predicted molar refractivity (Wildman–Crippen MR) is 233 cm³/mol. The first-order valence-corrected chi connectivity index (χ1v) is 23.8. The van der Waals surface area contributed by atoms with Gasteiger partial charge < -0.3 is 14.2 Å². The van der Waals surface area contributed by atoms with Gasteiger partial charge >= 0.3 is 17.9 Å². The zero-order chi connectivity index (χ0) is 40.1. The molecule has 0 spiro atoms. The zero-order valence-electron chi connectivity index (χ0n) is 36.7. The predicted octanol–water partition coefficient (Wildman–Crippen LogP) is 15.2. The van der Waals surface area contributed by atoms with Gasteiger partial charge in [-0.05, 0) is 70.6 Å². The first kappa shape index (κ1) is 52.9. The Labute approximate surface area is 341 Å². The SMILES string of the molecule is CCCCCC/C=C\CCCCCCCC(=O)O[C@@H](COC(=O)CCCCCCC/C=C\CCCCCCC)COC(=O)CCCCCCCCCCCC. The van der Waals surface area contributed by atoms with Crippen molar-refractivity contribution in [3.05, 3.63) is 24.3 Å². The lowest BCUT2D eigenvalue weighted by Gasteiger charge is -2.18. The van der Waals surface area contributed by atoms with Crippen LogP contribution in [0.2, 0.25) is 0 Å². The van der Waals surface area contributed by atoms with Crippen LogP contribution < -0.4 is 0 Å². The van der Waals surface area contributed by atoms with E-state index in [9.17, 15) is 14.4 Å². The third-order valence-corrected chi connectivity index (χ3v) is 10.4. The second-order valence-corrected chi connectivity index (χ2v) is 16.0. The maximum atomic E-state index is 12.7. The van der Waals surface area contributed by atoms with Crippen LogP contribution in [0, 0.1) is 0 Å². The van der Waals surface area contributed by atoms with Crippen LogP contribution in [0.15, 0.2) is 24.3 Å². The molecule has 0 aromatic heterocycles. The first-order valence-electron chi connectivity index (χ1n) is 23.8. The van der Waals surface area contributed by atoms with E-state index in [4.69, 9.17) is 14.2 Å². The molecular weight excluding hydrogens is 685 g/mol. The molecule has 0 amide bonds. The summed E-state index contributed by atoms with van der Waals surface area (Å²) in [5, 5.41) is 0. The third kappa shape index (κ3) is 42.9. The molecule has 0 aliphatic carbocycles. The van der Waals surface area contributed by atoms with Crippen LogP contribution in [-0.4, -0.2) is 37.2 Å². The van der Waals surface area contributed by atoms with Gasteiger partial charge in [0.05, 0.1) is 0 Å². The topological polar surface area (TPSA) is 78.9 Å². The number of hydrogen-bond donors (Lipinski definition) is 0. The van der Waals surface area contributed by atoms with Crippen molar-refractivity contribution < 1.29 is 28.6 Å². The summed E-state index contributed by atoms with van der Waals surface area (Å²) in [6, 6.07) is 0. The quantitative estimate of drug-likeness (QED) is 0.0266. The molecule has 0 radical (unpaired) electrons. The Hall–Kier alpha value is -2.11. The number of allylic oxidation sites excluding steroid dienone is 4. The van der Waals surface area contributed by atoms with Crippen molar-refractivity contribution in [2.24, 2.45) is 0 Å². The van der Waals surface area contributed by atoms with E-state index in [2.05, 4.69) is 45.1 Å². The minimum atomic E-state index is -0.772. The second kappa shape index (κ2) is 44.6. The molecule has 322 valence electrons. The highest BCUT2D eigenvalue weighted by Crippen LogP contribution is 2.14. The van der Waals surface area contributed by atoms with Crippen molar-refractivity contribution in [3.63, 3.8) is 0 Å². The average Bonchev–Trinajstić information content (AvgIpc) is 3.18. The minimum Gasteiger partial charge on any atom is -0.462 e. The van der Waals surface area contributed by atoms with Crippen molar-refractivity contribution in [2.45, 2.75) is 258 Å². The van der Waals surface area contributed by atoms with E-state index in [-0.39, 0.29) is 31.1 Å². The molecule has 6 heteroatoms. The summed E-state index contributed by atoms with van der Waals surface area (Å²) in [6.45, 7) is 6.59. The van der Waals surface area contributed by atoms with E-state index in [1.807, 2.05) is 0 Å². The molecule has 0 saturated carbocycles. The normalized spacial score (nSPS) is 12.1. The molecule has 0 aromatic rings. The summed E-state index contributed by atoms with van der Waals surface area (Å²) < 4.78 is 16.7. The van der Waals surface area contributed by atoms with Gasteiger partial charge in [-0.25, -0.2) is 0 Å². The standard InChI is InChI=1S/C49H90O6/c1-4-7-10-13-16-19-22-24-26-27-30-33-36-39-42-48(51)54-45-46(44-53-47(50)41-38-35-32-29-21-18-15-12-9-6-3)55-49(52)43-40-37-34-31-28-25-23-20-17-14-11-8-5-2/h20,22-24,46H,4-19,21,25-45H2,1-3H3/b23-20-,24-22-/t46-/m1/s1. The Morgan fingerprint density at radius 3 is 0.927 bits per heavy atom. The summed E-state index contributed by atoms with van der Waals surface area (Å²) in [5.74, 6) is -0.887. The Kier molecular flexibility index (Phi) is 42.9. The van der Waals surface area contributed by atoms with Crippen LogP contribution >= 0.6 is 0 Å². The number of rotatable bonds is 43. The van der Waals surface area contributed by atoms with E-state index in [1.54, 1.807) is 0 Å². The van der Waals surface area contributed by atoms with Crippen LogP contribution in [0.3, 0.4) is 0 Å². The molecule has 0 bridgehead atoms. The summed E-state index contributed by atoms with van der Waals surface area (Å²) in [7, 11) is 0. The molecule has 0 saturated heterocycles. The molecule has 0 rings (SSSR count). The number of unbranched alkanes of at least 4 members (excludes halogenated alkanes) is 28. The number of ether oxygens (including phenoxy) is 3. The molecule has 1 atom stereocenters. The van der Waals surface area contributed by atoms with E-state index in [1.165, 1.54) is 141 Å². The molecule has 0 heterocycles. The van der Waals surface area contributed by atoms with Gasteiger partial charge in [0, 0.05) is 19.3 Å². The maximum absolute atomic E-state index is 12.7. The molecule has 0 unspecified atom stereocenters. The third-order valence-electron chi connectivity index (χ3n) is 10.4. The summed E-state index contributed by atoms with van der Waals surface area (Å²) in [5.41, 5.74) is 0. The van der Waals surface area contributed by atoms with E-state index < -0.39 is 6.10 Å². The highest BCUT2D eigenvalue weighted by atomic mass is 16.6. The van der Waals surface area contributed by atoms with Crippen LogP contribution in [-0.2, 0) is 28.6 Å². The molecule has 6 nitrogen and oxygen atoms in total. The summed E-state index contributed by atoms with van der Waals surface area (Å²) >= 11 is 0. The van der Waals surface area contributed by atoms with Crippen LogP contribution in [0.25, 0.3) is 0 Å². The summed E-state index contributed by atoms with van der Waals surface area (Å²) in [4.78, 5) is 37.7. The Balaban J connectivity index is 4.37. The number of hydrogen-bond acceptors (Lipinski definition) is 6. The van der Waals surface area contributed by atoms with Crippen molar-refractivity contribution in [3.8, 4) is 0 Å². The second-order valence-electron chi connectivity index (χ2n) is 16.0. The summed E-state index contributed by atoms with van der Waals surface area (Å²) in [6.07, 6.45) is 48.7. The zero-order valence-corrected chi connectivity index (χ0v) is 36.7. The van der Waals surface area contributed by atoms with Gasteiger partial charge in [-0.3, -0.25) is 14.4 Å². The average molecular weight is 775 g/mol. The lowest BCUT2D eigenvalue weighted by molar-refractivity contribution is -0.167. The molecule has 0 fully saturated rings. The van der Waals surface area contributed by atoms with Crippen LogP contribution in [0.5, 0.6) is 0 Å². The monoisotopic (exact) mass is 775 g/mol. The van der Waals surface area contributed by atoms with E-state index in [0.717, 1.165) is 70.6 Å². The highest BCUT2D eigenvalue weighted by Gasteiger charge is 2.19. The smallest absolute Gasteiger partial charge is 0.306 e. The van der Waals surface area contributed by atoms with E-state index in [0.29, 0.717) is 19.3 Å². The fraction of sp³-hybridized carbons (Fsp3) is 0.857. The number of carbonyl (C=O) groups excluding carboxylic acids is 3. The molecule has 0 aliphatic rings. The Bertz CT molecular complexity index is 896. The largest absolute Gasteiger partial charge is 0.462 e. The van der Waals surface area contributed by atoms with Gasteiger partial charge in [-0.1, -0.05) is 186 Å². The molecule has 0 aromatic carbocycles. The van der Waals surface area contributed by atoms with Gasteiger partial charge in [0.15, 0.2) is 6.10 Å². The Morgan fingerprint density at radius 2 is 0.600 bits per heavy atom. The van der Waals surface area contributed by atoms with Crippen molar-refractivity contribution >= 4 is 17.9 Å². The van der Waals surface area contributed by atoms with Gasteiger partial charge in [0.25, 0.3) is 0 Å². The Morgan fingerprint density at radius 1 is 0.345 bits per heavy atom. The minimum absolute atomic E-state index is 0.0744. The lowest BCUT2D eigenvalue weighted by Crippen LogP contribution is -2.30. The molecule has 0 aliphatic heterocycles. The van der Waals surface area contributed by atoms with Gasteiger partial charge in [-0.15, -0.1) is 0 Å². The van der Waals surface area contributed by atoms with Gasteiger partial charge in [0.1, 0.15) is 13.2 Å². The highest BCUT2D eigenvalue weighted by molar-refractivity contribution is 5.71. The maximum Gasteiger partial charge on any atom is 0.306 e. The number of carbonyl (C=O) groups is 3. The van der Waals surface area contributed by atoms with Gasteiger partial charge in [-0.2, -0.15) is 0 Å². The van der Waals surface area contributed by atoms with Gasteiger partial charge in [0.2, 0.25) is 0 Å². The fourth-order valence-corrected chi connectivity index (χ4v) is 6.78. The molecular formula is C49H90O6. The molecule has 55 heavy (non-hydrogen) atoms. The first-order chi connectivity index (χ1) is 27.0. The van der Waals surface area contributed by atoms with E-state index >= 15 is 0 Å². The molecule has 0 N–H and O–H groups in total. The van der Waals surface area contributed by atoms with Crippen molar-refractivity contribution in [1.82, 2.24) is 0 Å². The van der Waals surface area contributed by atoms with Crippen LogP contribution in [0.1, 0.15) is 252 Å². The number of esters is 3. The van der Waals surface area contributed by atoms with Crippen LogP contribution in [0.4, 0.5) is 0 Å². The van der Waals surface area contributed by atoms with Crippen molar-refractivity contribution in [1.29, 1.82) is 0 Å². The lowest BCUT2D eigenvalue weighted by atomic mass is 10.1. The van der Waals surface area contributed by atoms with Crippen molar-refractivity contribution in [2.75, 3.05) is 13.2 Å².